The molecule has 0 amide bonds. The maximum Gasteiger partial charge on any atom is 0.134 e. The zero-order chi connectivity index (χ0) is 10.8. The van der Waals surface area contributed by atoms with Crippen LogP contribution in [-0.2, 0) is 6.54 Å². The van der Waals surface area contributed by atoms with Crippen molar-refractivity contribution in [1.82, 2.24) is 20.0 Å². The molecule has 0 radical (unpaired) electrons. The van der Waals surface area contributed by atoms with Crippen LogP contribution in [0.1, 0.15) is 18.2 Å². The predicted octanol–water partition coefficient (Wildman–Crippen LogP) is 1.98. The van der Waals surface area contributed by atoms with Crippen LogP contribution in [0.4, 0.5) is 0 Å². The fraction of sp³-hybridized carbons (Fsp3) is 0.364. The van der Waals surface area contributed by atoms with Crippen LogP contribution in [0.2, 0.25) is 0 Å². The maximum atomic E-state index is 4.37. The number of hydrogen-bond acceptors (Lipinski definition) is 3. The maximum absolute atomic E-state index is 4.37. The molecule has 0 spiro atoms. The van der Waals surface area contributed by atoms with Gasteiger partial charge in [0.05, 0.1) is 17.9 Å². The fourth-order valence-corrected chi connectivity index (χ4v) is 1.42. The zero-order valence-electron chi connectivity index (χ0n) is 9.23. The van der Waals surface area contributed by atoms with Crippen molar-refractivity contribution in [2.75, 3.05) is 0 Å². The number of aryl methyl sites for hydroxylation is 3. The average Bonchev–Trinajstić information content (AvgIpc) is 2.61. The molecule has 2 heterocycles. The van der Waals surface area contributed by atoms with E-state index in [-0.39, 0.29) is 0 Å². The average molecular weight is 202 g/mol. The van der Waals surface area contributed by atoms with Crippen LogP contribution in [0.25, 0.3) is 11.4 Å². The highest BCUT2D eigenvalue weighted by Gasteiger charge is 2.09. The lowest BCUT2D eigenvalue weighted by Crippen LogP contribution is -1.98. The highest BCUT2D eigenvalue weighted by atomic mass is 15.5. The second-order valence-electron chi connectivity index (χ2n) is 3.54. The summed E-state index contributed by atoms with van der Waals surface area (Å²) in [5.74, 6) is 0. The van der Waals surface area contributed by atoms with Crippen molar-refractivity contribution in [2.45, 2.75) is 27.3 Å². The van der Waals surface area contributed by atoms with E-state index in [2.05, 4.69) is 15.2 Å². The lowest BCUT2D eigenvalue weighted by molar-refractivity contribution is 0.567. The first kappa shape index (κ1) is 9.83. The summed E-state index contributed by atoms with van der Waals surface area (Å²) in [7, 11) is 0. The molecule has 0 saturated carbocycles. The normalized spacial score (nSPS) is 10.6. The van der Waals surface area contributed by atoms with E-state index in [1.165, 1.54) is 0 Å². The van der Waals surface area contributed by atoms with E-state index < -0.39 is 0 Å². The largest absolute Gasteiger partial charge is 0.254 e. The topological polar surface area (TPSA) is 43.6 Å². The molecule has 0 aromatic carbocycles. The molecule has 0 aliphatic rings. The van der Waals surface area contributed by atoms with E-state index in [0.717, 1.165) is 29.2 Å². The van der Waals surface area contributed by atoms with Crippen molar-refractivity contribution in [3.63, 3.8) is 0 Å². The summed E-state index contributed by atoms with van der Waals surface area (Å²) in [6, 6.07) is 4.01. The smallest absolute Gasteiger partial charge is 0.134 e. The molecule has 0 aliphatic heterocycles. The van der Waals surface area contributed by atoms with Gasteiger partial charge < -0.3 is 0 Å². The lowest BCUT2D eigenvalue weighted by Gasteiger charge is -1.96. The zero-order valence-corrected chi connectivity index (χ0v) is 9.23. The van der Waals surface area contributed by atoms with Crippen LogP contribution >= 0.6 is 0 Å². The van der Waals surface area contributed by atoms with Crippen LogP contribution in [0, 0.1) is 13.8 Å². The Balaban J connectivity index is 2.44. The SMILES string of the molecule is CCn1nc(C)c(-c2ccc(C)cn2)n1. The summed E-state index contributed by atoms with van der Waals surface area (Å²) in [6.07, 6.45) is 1.85. The molecule has 2 aromatic heterocycles. The first-order valence-corrected chi connectivity index (χ1v) is 5.05. The number of pyridine rings is 1. The van der Waals surface area contributed by atoms with Crippen molar-refractivity contribution >= 4 is 0 Å². The van der Waals surface area contributed by atoms with Crippen LogP contribution in [-0.4, -0.2) is 20.0 Å². The predicted molar refractivity (Wildman–Crippen MR) is 58.4 cm³/mol. The van der Waals surface area contributed by atoms with Crippen molar-refractivity contribution in [3.05, 3.63) is 29.6 Å². The molecular formula is C11H14N4. The standard InChI is InChI=1S/C11H14N4/c1-4-15-13-9(3)11(14-15)10-6-5-8(2)7-12-10/h5-7H,4H2,1-3H3. The molecule has 0 bridgehead atoms. The van der Waals surface area contributed by atoms with Gasteiger partial charge in [0.1, 0.15) is 5.69 Å². The molecule has 0 N–H and O–H groups in total. The molecule has 4 heteroatoms. The molecule has 0 unspecified atom stereocenters. The molecular weight excluding hydrogens is 188 g/mol. The molecule has 0 aliphatic carbocycles. The van der Waals surface area contributed by atoms with Crippen molar-refractivity contribution in [1.29, 1.82) is 0 Å². The molecule has 2 aromatic rings. The molecule has 0 atom stereocenters. The molecule has 4 nitrogen and oxygen atoms in total. The lowest BCUT2D eigenvalue weighted by atomic mass is 10.2. The highest BCUT2D eigenvalue weighted by Crippen LogP contribution is 2.16. The number of hydrogen-bond donors (Lipinski definition) is 0. The summed E-state index contributed by atoms with van der Waals surface area (Å²) in [6.45, 7) is 6.78. The highest BCUT2D eigenvalue weighted by molar-refractivity contribution is 5.55. The van der Waals surface area contributed by atoms with E-state index in [0.29, 0.717) is 0 Å². The molecule has 15 heavy (non-hydrogen) atoms. The van der Waals surface area contributed by atoms with Gasteiger partial charge >= 0.3 is 0 Å². The van der Waals surface area contributed by atoms with Crippen molar-refractivity contribution < 1.29 is 0 Å². The van der Waals surface area contributed by atoms with Gasteiger partial charge in [-0.3, -0.25) is 4.98 Å². The van der Waals surface area contributed by atoms with Gasteiger partial charge in [0.15, 0.2) is 0 Å². The Bertz CT molecular complexity index is 456. The Morgan fingerprint density at radius 2 is 2.00 bits per heavy atom. The Kier molecular flexibility index (Phi) is 2.49. The Morgan fingerprint density at radius 1 is 1.20 bits per heavy atom. The first-order valence-electron chi connectivity index (χ1n) is 5.05. The Hall–Kier alpha value is -1.71. The monoisotopic (exact) mass is 202 g/mol. The fourth-order valence-electron chi connectivity index (χ4n) is 1.42. The third-order valence-corrected chi connectivity index (χ3v) is 2.26. The minimum Gasteiger partial charge on any atom is -0.254 e. The van der Waals surface area contributed by atoms with Crippen molar-refractivity contribution in [3.8, 4) is 11.4 Å². The molecule has 0 fully saturated rings. The third-order valence-electron chi connectivity index (χ3n) is 2.26. The van der Waals surface area contributed by atoms with Gasteiger partial charge in [0.25, 0.3) is 0 Å². The van der Waals surface area contributed by atoms with Gasteiger partial charge in [-0.2, -0.15) is 15.0 Å². The van der Waals surface area contributed by atoms with E-state index in [4.69, 9.17) is 0 Å². The Labute approximate surface area is 89.0 Å². The van der Waals surface area contributed by atoms with Crippen LogP contribution in [0.15, 0.2) is 18.3 Å². The van der Waals surface area contributed by atoms with Crippen LogP contribution < -0.4 is 0 Å². The molecule has 0 saturated heterocycles. The minimum atomic E-state index is 0.784. The quantitative estimate of drug-likeness (QED) is 0.747. The summed E-state index contributed by atoms with van der Waals surface area (Å²) in [4.78, 5) is 6.03. The minimum absolute atomic E-state index is 0.784. The van der Waals surface area contributed by atoms with E-state index in [1.807, 2.05) is 39.1 Å². The number of nitrogens with zero attached hydrogens (tertiary/aromatic N) is 4. The number of rotatable bonds is 2. The third kappa shape index (κ3) is 1.88. The summed E-state index contributed by atoms with van der Waals surface area (Å²) in [5.41, 5.74) is 3.84. The Morgan fingerprint density at radius 3 is 2.53 bits per heavy atom. The van der Waals surface area contributed by atoms with Gasteiger partial charge in [0, 0.05) is 6.20 Å². The van der Waals surface area contributed by atoms with Gasteiger partial charge in [0.2, 0.25) is 0 Å². The van der Waals surface area contributed by atoms with Gasteiger partial charge in [-0.1, -0.05) is 6.07 Å². The van der Waals surface area contributed by atoms with E-state index in [9.17, 15) is 0 Å². The van der Waals surface area contributed by atoms with Gasteiger partial charge in [-0.05, 0) is 32.4 Å². The van der Waals surface area contributed by atoms with E-state index in [1.54, 1.807) is 4.80 Å². The summed E-state index contributed by atoms with van der Waals surface area (Å²) in [5, 5.41) is 8.66. The van der Waals surface area contributed by atoms with Crippen LogP contribution in [0.5, 0.6) is 0 Å². The second kappa shape index (κ2) is 3.81. The second-order valence-corrected chi connectivity index (χ2v) is 3.54. The molecule has 2 rings (SSSR count). The van der Waals surface area contributed by atoms with Crippen molar-refractivity contribution in [2.24, 2.45) is 0 Å². The first-order chi connectivity index (χ1) is 7.20. The van der Waals surface area contributed by atoms with Gasteiger partial charge in [-0.15, -0.1) is 0 Å². The van der Waals surface area contributed by atoms with E-state index >= 15 is 0 Å². The van der Waals surface area contributed by atoms with Crippen LogP contribution in [0.3, 0.4) is 0 Å². The summed E-state index contributed by atoms with van der Waals surface area (Å²) < 4.78 is 0. The summed E-state index contributed by atoms with van der Waals surface area (Å²) >= 11 is 0. The number of aromatic nitrogens is 4. The van der Waals surface area contributed by atoms with Gasteiger partial charge in [-0.25, -0.2) is 0 Å². The molecule has 78 valence electrons.